The summed E-state index contributed by atoms with van der Waals surface area (Å²) in [6.45, 7) is 3.41. The van der Waals surface area contributed by atoms with Crippen molar-refractivity contribution in [1.29, 1.82) is 0 Å². The Bertz CT molecular complexity index is 261. The topological polar surface area (TPSA) is 54.4 Å². The average Bonchev–Trinajstić information content (AvgIpc) is 2.17. The molecule has 1 heterocycles. The van der Waals surface area contributed by atoms with E-state index in [4.69, 9.17) is 9.84 Å². The number of pyridine rings is 1. The van der Waals surface area contributed by atoms with E-state index in [1.807, 2.05) is 6.92 Å². The highest BCUT2D eigenvalue weighted by Gasteiger charge is 2.00. The number of aromatic nitrogens is 1. The zero-order valence-electron chi connectivity index (χ0n) is 8.53. The van der Waals surface area contributed by atoms with Gasteiger partial charge in [-0.25, -0.2) is 0 Å². The molecule has 0 aromatic carbocycles. The van der Waals surface area contributed by atoms with E-state index >= 15 is 0 Å². The van der Waals surface area contributed by atoms with Crippen LogP contribution >= 0.6 is 0 Å². The Morgan fingerprint density at radius 1 is 1.57 bits per heavy atom. The molecular formula is C10H16N2O2. The maximum absolute atomic E-state index is 9.02. The summed E-state index contributed by atoms with van der Waals surface area (Å²) in [5.41, 5.74) is 0.908. The number of rotatable bonds is 5. The van der Waals surface area contributed by atoms with Crippen LogP contribution in [0.3, 0.4) is 0 Å². The third kappa shape index (κ3) is 3.72. The summed E-state index contributed by atoms with van der Waals surface area (Å²) in [6.07, 6.45) is 1.44. The minimum atomic E-state index is 0.193. The standard InChI is InChI=1S/C10H16N2O2/c1-8(7-14-2)11-5-9-3-4-10(13)6-12-9/h3-4,6,8,11,13H,5,7H2,1-2H3. The molecule has 0 aliphatic heterocycles. The molecule has 4 heteroatoms. The molecule has 1 aromatic heterocycles. The summed E-state index contributed by atoms with van der Waals surface area (Å²) in [4.78, 5) is 4.06. The lowest BCUT2D eigenvalue weighted by atomic mass is 10.3. The molecule has 1 aromatic rings. The number of ether oxygens (including phenoxy) is 1. The van der Waals surface area contributed by atoms with Gasteiger partial charge in [-0.2, -0.15) is 0 Å². The maximum Gasteiger partial charge on any atom is 0.133 e. The summed E-state index contributed by atoms with van der Waals surface area (Å²) in [7, 11) is 1.68. The normalized spacial score (nSPS) is 12.7. The Balaban J connectivity index is 2.34. The van der Waals surface area contributed by atoms with Gasteiger partial charge in [0.2, 0.25) is 0 Å². The van der Waals surface area contributed by atoms with Crippen LogP contribution in [0.4, 0.5) is 0 Å². The zero-order chi connectivity index (χ0) is 10.4. The van der Waals surface area contributed by atoms with Crippen LogP contribution in [0.2, 0.25) is 0 Å². The van der Waals surface area contributed by atoms with Crippen LogP contribution in [-0.4, -0.2) is 29.8 Å². The molecule has 78 valence electrons. The molecule has 0 saturated heterocycles. The van der Waals surface area contributed by atoms with Gasteiger partial charge < -0.3 is 15.2 Å². The molecule has 0 saturated carbocycles. The molecule has 0 aliphatic rings. The van der Waals surface area contributed by atoms with Gasteiger partial charge in [0.15, 0.2) is 0 Å². The third-order valence-corrected chi connectivity index (χ3v) is 1.86. The summed E-state index contributed by atoms with van der Waals surface area (Å²) in [5.74, 6) is 0.193. The van der Waals surface area contributed by atoms with E-state index in [1.165, 1.54) is 6.20 Å². The lowest BCUT2D eigenvalue weighted by Crippen LogP contribution is -2.29. The highest BCUT2D eigenvalue weighted by atomic mass is 16.5. The van der Waals surface area contributed by atoms with E-state index in [0.717, 1.165) is 5.69 Å². The predicted molar refractivity (Wildman–Crippen MR) is 54.1 cm³/mol. The lowest BCUT2D eigenvalue weighted by molar-refractivity contribution is 0.171. The van der Waals surface area contributed by atoms with E-state index in [0.29, 0.717) is 19.2 Å². The van der Waals surface area contributed by atoms with E-state index in [-0.39, 0.29) is 5.75 Å². The summed E-state index contributed by atoms with van der Waals surface area (Å²) >= 11 is 0. The van der Waals surface area contributed by atoms with Crippen molar-refractivity contribution in [3.63, 3.8) is 0 Å². The Morgan fingerprint density at radius 3 is 2.93 bits per heavy atom. The number of aromatic hydroxyl groups is 1. The number of hydrogen-bond donors (Lipinski definition) is 2. The Hall–Kier alpha value is -1.13. The van der Waals surface area contributed by atoms with E-state index in [1.54, 1.807) is 19.2 Å². The molecule has 14 heavy (non-hydrogen) atoms. The van der Waals surface area contributed by atoms with Crippen LogP contribution in [0.25, 0.3) is 0 Å². The van der Waals surface area contributed by atoms with Crippen LogP contribution < -0.4 is 5.32 Å². The predicted octanol–water partition coefficient (Wildman–Crippen LogP) is 0.912. The quantitative estimate of drug-likeness (QED) is 0.735. The first kappa shape index (κ1) is 10.9. The van der Waals surface area contributed by atoms with E-state index in [9.17, 15) is 0 Å². The fourth-order valence-electron chi connectivity index (χ4n) is 1.11. The minimum absolute atomic E-state index is 0.193. The van der Waals surface area contributed by atoms with Crippen molar-refractivity contribution in [2.24, 2.45) is 0 Å². The molecule has 4 nitrogen and oxygen atoms in total. The number of nitrogens with one attached hydrogen (secondary N) is 1. The van der Waals surface area contributed by atoms with Gasteiger partial charge in [-0.15, -0.1) is 0 Å². The van der Waals surface area contributed by atoms with E-state index < -0.39 is 0 Å². The largest absolute Gasteiger partial charge is 0.506 e. The summed E-state index contributed by atoms with van der Waals surface area (Å²) in [6, 6.07) is 3.72. The second-order valence-corrected chi connectivity index (χ2v) is 3.25. The van der Waals surface area contributed by atoms with E-state index in [2.05, 4.69) is 10.3 Å². The van der Waals surface area contributed by atoms with Crippen LogP contribution in [0.1, 0.15) is 12.6 Å². The third-order valence-electron chi connectivity index (χ3n) is 1.86. The highest BCUT2D eigenvalue weighted by molar-refractivity contribution is 5.17. The molecule has 1 unspecified atom stereocenters. The van der Waals surface area contributed by atoms with Crippen LogP contribution in [0.5, 0.6) is 5.75 Å². The Labute approximate surface area is 83.9 Å². The van der Waals surface area contributed by atoms with Crippen LogP contribution in [0.15, 0.2) is 18.3 Å². The molecule has 0 aliphatic carbocycles. The van der Waals surface area contributed by atoms with Gasteiger partial charge in [-0.3, -0.25) is 4.98 Å². The fourth-order valence-corrected chi connectivity index (χ4v) is 1.11. The number of hydrogen-bond acceptors (Lipinski definition) is 4. The van der Waals surface area contributed by atoms with Gasteiger partial charge in [0.05, 0.1) is 18.5 Å². The zero-order valence-corrected chi connectivity index (χ0v) is 8.53. The molecule has 0 fully saturated rings. The Kier molecular flexibility index (Phi) is 4.35. The first-order chi connectivity index (χ1) is 6.72. The second-order valence-electron chi connectivity index (χ2n) is 3.25. The molecule has 1 atom stereocenters. The second kappa shape index (κ2) is 5.57. The summed E-state index contributed by atoms with van der Waals surface area (Å²) < 4.78 is 4.99. The van der Waals surface area contributed by atoms with Gasteiger partial charge >= 0.3 is 0 Å². The van der Waals surface area contributed by atoms with Crippen molar-refractivity contribution in [3.8, 4) is 5.75 Å². The molecule has 1 rings (SSSR count). The molecule has 2 N–H and O–H groups in total. The molecule has 0 amide bonds. The first-order valence-electron chi connectivity index (χ1n) is 4.58. The average molecular weight is 196 g/mol. The van der Waals surface area contributed by atoms with Crippen molar-refractivity contribution < 1.29 is 9.84 Å². The van der Waals surface area contributed by atoms with Crippen molar-refractivity contribution in [2.75, 3.05) is 13.7 Å². The highest BCUT2D eigenvalue weighted by Crippen LogP contribution is 2.05. The first-order valence-corrected chi connectivity index (χ1v) is 4.58. The van der Waals surface area contributed by atoms with Crippen molar-refractivity contribution in [2.45, 2.75) is 19.5 Å². The number of nitrogens with zero attached hydrogens (tertiary/aromatic N) is 1. The summed E-state index contributed by atoms with van der Waals surface area (Å²) in [5, 5.41) is 12.3. The van der Waals surface area contributed by atoms with Crippen LogP contribution in [-0.2, 0) is 11.3 Å². The minimum Gasteiger partial charge on any atom is -0.506 e. The van der Waals surface area contributed by atoms with Gasteiger partial charge in [0, 0.05) is 19.7 Å². The molecule has 0 bridgehead atoms. The monoisotopic (exact) mass is 196 g/mol. The maximum atomic E-state index is 9.02. The molecule has 0 spiro atoms. The lowest BCUT2D eigenvalue weighted by Gasteiger charge is -2.11. The van der Waals surface area contributed by atoms with Gasteiger partial charge in [0.1, 0.15) is 5.75 Å². The number of methoxy groups -OCH3 is 1. The van der Waals surface area contributed by atoms with Gasteiger partial charge in [-0.1, -0.05) is 0 Å². The van der Waals surface area contributed by atoms with Crippen molar-refractivity contribution in [1.82, 2.24) is 10.3 Å². The smallest absolute Gasteiger partial charge is 0.133 e. The SMILES string of the molecule is COCC(C)NCc1ccc(O)cn1. The van der Waals surface area contributed by atoms with Crippen molar-refractivity contribution in [3.05, 3.63) is 24.0 Å². The van der Waals surface area contributed by atoms with Gasteiger partial charge in [0.25, 0.3) is 0 Å². The molecule has 0 radical (unpaired) electrons. The van der Waals surface area contributed by atoms with Gasteiger partial charge in [-0.05, 0) is 19.1 Å². The van der Waals surface area contributed by atoms with Crippen molar-refractivity contribution >= 4 is 0 Å². The fraction of sp³-hybridized carbons (Fsp3) is 0.500. The molecular weight excluding hydrogens is 180 g/mol. The van der Waals surface area contributed by atoms with Crippen LogP contribution in [0, 0.1) is 0 Å². The Morgan fingerprint density at radius 2 is 2.36 bits per heavy atom.